The minimum absolute atomic E-state index is 0.0151. The summed E-state index contributed by atoms with van der Waals surface area (Å²) < 4.78 is 10.6. The Kier molecular flexibility index (Phi) is 4.10. The zero-order valence-electron chi connectivity index (χ0n) is 10.6. The van der Waals surface area contributed by atoms with Crippen molar-refractivity contribution >= 4 is 17.7 Å². The number of allylic oxidation sites excluding steroid dienone is 1. The summed E-state index contributed by atoms with van der Waals surface area (Å²) in [7, 11) is 1.54. The first-order chi connectivity index (χ1) is 9.67. The molecule has 0 N–H and O–H groups in total. The minimum atomic E-state index is -0.0151. The number of furan rings is 1. The lowest BCUT2D eigenvalue weighted by atomic mass is 10.1. The Morgan fingerprint density at radius 3 is 2.60 bits per heavy atom. The molecule has 4 nitrogen and oxygen atoms in total. The van der Waals surface area contributed by atoms with Crippen LogP contribution in [0.4, 0.5) is 0 Å². The van der Waals surface area contributed by atoms with Crippen molar-refractivity contribution in [3.8, 4) is 29.2 Å². The summed E-state index contributed by atoms with van der Waals surface area (Å²) in [5, 5.41) is 17.9. The van der Waals surface area contributed by atoms with Gasteiger partial charge in [0.1, 0.15) is 35.0 Å². The molecule has 0 amide bonds. The second kappa shape index (κ2) is 5.97. The number of rotatable bonds is 3. The smallest absolute Gasteiger partial charge is 0.137 e. The Bertz CT molecular complexity index is 732. The molecule has 2 aromatic rings. The van der Waals surface area contributed by atoms with E-state index in [-0.39, 0.29) is 5.57 Å². The summed E-state index contributed by atoms with van der Waals surface area (Å²) in [6.45, 7) is 0. The van der Waals surface area contributed by atoms with Gasteiger partial charge in [0.05, 0.1) is 12.1 Å². The zero-order valence-corrected chi connectivity index (χ0v) is 11.3. The topological polar surface area (TPSA) is 69.9 Å². The number of hydrogen-bond donors (Lipinski definition) is 0. The van der Waals surface area contributed by atoms with Gasteiger partial charge in [-0.15, -0.1) is 0 Å². The van der Waals surface area contributed by atoms with Gasteiger partial charge in [0.15, 0.2) is 0 Å². The van der Waals surface area contributed by atoms with Gasteiger partial charge < -0.3 is 9.15 Å². The number of benzene rings is 1. The van der Waals surface area contributed by atoms with Crippen LogP contribution in [-0.4, -0.2) is 7.11 Å². The SMILES string of the molecule is COc1ccc(-c2ccc(C=C(C#N)C#N)o2)cc1Cl. The number of halogens is 1. The van der Waals surface area contributed by atoms with E-state index in [0.717, 1.165) is 5.56 Å². The Morgan fingerprint density at radius 1 is 1.25 bits per heavy atom. The third kappa shape index (κ3) is 2.83. The molecule has 20 heavy (non-hydrogen) atoms. The molecule has 0 radical (unpaired) electrons. The fraction of sp³-hybridized carbons (Fsp3) is 0.0667. The molecule has 5 heteroatoms. The summed E-state index contributed by atoms with van der Waals surface area (Å²) in [5.74, 6) is 1.61. The fourth-order valence-corrected chi connectivity index (χ4v) is 1.89. The molecular weight excluding hydrogens is 276 g/mol. The molecule has 2 rings (SSSR count). The largest absolute Gasteiger partial charge is 0.495 e. The summed E-state index contributed by atoms with van der Waals surface area (Å²) in [6.07, 6.45) is 1.38. The summed E-state index contributed by atoms with van der Waals surface area (Å²) in [6, 6.07) is 12.3. The second-order valence-electron chi connectivity index (χ2n) is 3.83. The molecule has 0 unspecified atom stereocenters. The Morgan fingerprint density at radius 2 is 2.00 bits per heavy atom. The maximum absolute atomic E-state index is 8.69. The molecule has 0 aliphatic carbocycles. The van der Waals surface area contributed by atoms with Gasteiger partial charge in [0, 0.05) is 11.6 Å². The lowest BCUT2D eigenvalue weighted by Crippen LogP contribution is -1.84. The number of nitriles is 2. The van der Waals surface area contributed by atoms with E-state index in [1.165, 1.54) is 6.08 Å². The molecule has 98 valence electrons. The normalized spacial score (nSPS) is 9.40. The molecule has 0 fully saturated rings. The fourth-order valence-electron chi connectivity index (χ4n) is 1.64. The molecule has 1 aromatic carbocycles. The first-order valence-corrected chi connectivity index (χ1v) is 6.01. The first kappa shape index (κ1) is 13.7. The van der Waals surface area contributed by atoms with Crippen molar-refractivity contribution < 1.29 is 9.15 Å². The van der Waals surface area contributed by atoms with Crippen molar-refractivity contribution in [2.75, 3.05) is 7.11 Å². The Balaban J connectivity index is 2.35. The van der Waals surface area contributed by atoms with E-state index in [4.69, 9.17) is 31.3 Å². The van der Waals surface area contributed by atoms with Crippen LogP contribution in [0, 0.1) is 22.7 Å². The van der Waals surface area contributed by atoms with Crippen LogP contribution in [0.15, 0.2) is 40.3 Å². The van der Waals surface area contributed by atoms with Crippen molar-refractivity contribution in [1.82, 2.24) is 0 Å². The van der Waals surface area contributed by atoms with Crippen molar-refractivity contribution in [2.45, 2.75) is 0 Å². The molecule has 1 heterocycles. The van der Waals surface area contributed by atoms with Gasteiger partial charge in [-0.1, -0.05) is 11.6 Å². The number of hydrogen-bond acceptors (Lipinski definition) is 4. The van der Waals surface area contributed by atoms with Crippen LogP contribution in [-0.2, 0) is 0 Å². The highest BCUT2D eigenvalue weighted by molar-refractivity contribution is 6.32. The number of ether oxygens (including phenoxy) is 1. The van der Waals surface area contributed by atoms with Crippen LogP contribution in [0.3, 0.4) is 0 Å². The lowest BCUT2D eigenvalue weighted by Gasteiger charge is -2.04. The van der Waals surface area contributed by atoms with Crippen LogP contribution in [0.2, 0.25) is 5.02 Å². The maximum atomic E-state index is 8.69. The molecule has 0 atom stereocenters. The van der Waals surface area contributed by atoms with Crippen LogP contribution in [0.25, 0.3) is 17.4 Å². The predicted octanol–water partition coefficient (Wildman–Crippen LogP) is 4.04. The highest BCUT2D eigenvalue weighted by atomic mass is 35.5. The third-order valence-corrected chi connectivity index (χ3v) is 2.89. The lowest BCUT2D eigenvalue weighted by molar-refractivity contribution is 0.415. The molecule has 0 spiro atoms. The van der Waals surface area contributed by atoms with Crippen molar-refractivity contribution in [1.29, 1.82) is 10.5 Å². The highest BCUT2D eigenvalue weighted by Crippen LogP contribution is 2.31. The average molecular weight is 285 g/mol. The van der Waals surface area contributed by atoms with E-state index in [9.17, 15) is 0 Å². The van der Waals surface area contributed by atoms with E-state index < -0.39 is 0 Å². The van der Waals surface area contributed by atoms with Crippen molar-refractivity contribution in [3.63, 3.8) is 0 Å². The molecule has 0 aliphatic rings. The van der Waals surface area contributed by atoms with E-state index in [1.807, 2.05) is 6.07 Å². The van der Waals surface area contributed by atoms with Gasteiger partial charge in [0.2, 0.25) is 0 Å². The quantitative estimate of drug-likeness (QED) is 0.798. The van der Waals surface area contributed by atoms with Gasteiger partial charge in [-0.25, -0.2) is 0 Å². The zero-order chi connectivity index (χ0) is 14.5. The molecule has 1 aromatic heterocycles. The molecule has 0 aliphatic heterocycles. The van der Waals surface area contributed by atoms with Gasteiger partial charge in [-0.3, -0.25) is 0 Å². The molecule has 0 saturated carbocycles. The first-order valence-electron chi connectivity index (χ1n) is 5.63. The summed E-state index contributed by atoms with van der Waals surface area (Å²) in [4.78, 5) is 0. The molecule has 0 bridgehead atoms. The second-order valence-corrected chi connectivity index (χ2v) is 4.24. The Hall–Kier alpha value is -2.69. The van der Waals surface area contributed by atoms with E-state index in [2.05, 4.69) is 0 Å². The monoisotopic (exact) mass is 284 g/mol. The van der Waals surface area contributed by atoms with Gasteiger partial charge in [0.25, 0.3) is 0 Å². The van der Waals surface area contributed by atoms with Crippen molar-refractivity contribution in [3.05, 3.63) is 46.7 Å². The third-order valence-electron chi connectivity index (χ3n) is 2.59. The van der Waals surface area contributed by atoms with E-state index in [0.29, 0.717) is 22.3 Å². The van der Waals surface area contributed by atoms with E-state index >= 15 is 0 Å². The van der Waals surface area contributed by atoms with Gasteiger partial charge in [-0.05, 0) is 30.3 Å². The molecular formula is C15H9ClN2O2. The summed E-state index contributed by atoms with van der Waals surface area (Å²) >= 11 is 6.05. The van der Waals surface area contributed by atoms with Gasteiger partial charge >= 0.3 is 0 Å². The van der Waals surface area contributed by atoms with Crippen LogP contribution < -0.4 is 4.74 Å². The standard InChI is InChI=1S/C15H9ClN2O2/c1-19-15-4-2-11(7-13(15)16)14-5-3-12(20-14)6-10(8-17)9-18/h2-7H,1H3. The highest BCUT2D eigenvalue weighted by Gasteiger charge is 2.07. The van der Waals surface area contributed by atoms with Crippen LogP contribution in [0.1, 0.15) is 5.76 Å². The Labute approximate surface area is 121 Å². The van der Waals surface area contributed by atoms with E-state index in [1.54, 1.807) is 43.5 Å². The minimum Gasteiger partial charge on any atom is -0.495 e. The van der Waals surface area contributed by atoms with Crippen molar-refractivity contribution in [2.24, 2.45) is 0 Å². The predicted molar refractivity (Wildman–Crippen MR) is 74.9 cm³/mol. The summed E-state index contributed by atoms with van der Waals surface area (Å²) in [5.41, 5.74) is 0.768. The molecule has 0 saturated heterocycles. The van der Waals surface area contributed by atoms with Crippen LogP contribution in [0.5, 0.6) is 5.75 Å². The average Bonchev–Trinajstić information content (AvgIpc) is 2.93. The number of nitrogens with zero attached hydrogens (tertiary/aromatic N) is 2. The van der Waals surface area contributed by atoms with Crippen LogP contribution >= 0.6 is 11.6 Å². The van der Waals surface area contributed by atoms with Gasteiger partial charge in [-0.2, -0.15) is 10.5 Å². The maximum Gasteiger partial charge on any atom is 0.137 e. The number of methoxy groups -OCH3 is 1.